The van der Waals surface area contributed by atoms with Crippen molar-refractivity contribution in [1.82, 2.24) is 15.1 Å². The molecule has 0 unspecified atom stereocenters. The molecule has 0 aliphatic rings. The van der Waals surface area contributed by atoms with Gasteiger partial charge >= 0.3 is 0 Å². The number of rotatable bonds is 2. The smallest absolute Gasteiger partial charge is 0.141 e. The summed E-state index contributed by atoms with van der Waals surface area (Å²) in [6.07, 6.45) is 5.50. The van der Waals surface area contributed by atoms with Crippen LogP contribution in [-0.2, 0) is 0 Å². The van der Waals surface area contributed by atoms with Crippen molar-refractivity contribution in [3.63, 3.8) is 0 Å². The highest BCUT2D eigenvalue weighted by Crippen LogP contribution is 2.34. The Kier molecular flexibility index (Phi) is 2.48. The van der Waals surface area contributed by atoms with E-state index < -0.39 is 0 Å². The van der Waals surface area contributed by atoms with Crippen LogP contribution in [0.3, 0.4) is 0 Å². The van der Waals surface area contributed by atoms with Gasteiger partial charge in [-0.1, -0.05) is 5.16 Å². The van der Waals surface area contributed by atoms with Crippen LogP contribution in [0.1, 0.15) is 11.5 Å². The maximum atomic E-state index is 5.23. The number of aromatic nitrogens is 3. The van der Waals surface area contributed by atoms with Gasteiger partial charge in [-0.05, 0) is 32.0 Å². The van der Waals surface area contributed by atoms with E-state index in [0.29, 0.717) is 0 Å². The average Bonchev–Trinajstić information content (AvgIpc) is 2.97. The molecular weight excluding hydrogens is 226 g/mol. The second-order valence-electron chi connectivity index (χ2n) is 4.20. The molecule has 0 aromatic carbocycles. The Bertz CT molecular complexity index is 648. The molecule has 0 bridgehead atoms. The first-order chi connectivity index (χ1) is 8.77. The van der Waals surface area contributed by atoms with Gasteiger partial charge in [0.1, 0.15) is 5.76 Å². The van der Waals surface area contributed by atoms with E-state index in [0.717, 1.165) is 33.8 Å². The normalized spacial score (nSPS) is 10.8. The van der Waals surface area contributed by atoms with Gasteiger partial charge in [-0.15, -0.1) is 0 Å². The van der Waals surface area contributed by atoms with Crippen LogP contribution in [0.5, 0.6) is 0 Å². The SMILES string of the molecule is Cc1noc(C)c1-c1cc[nH]c1-c1ccncc1. The highest BCUT2D eigenvalue weighted by molar-refractivity contribution is 5.82. The third-order valence-corrected chi connectivity index (χ3v) is 3.02. The predicted octanol–water partition coefficient (Wildman–Crippen LogP) is 3.35. The molecule has 0 saturated carbocycles. The second kappa shape index (κ2) is 4.14. The second-order valence-corrected chi connectivity index (χ2v) is 4.20. The monoisotopic (exact) mass is 239 g/mol. The summed E-state index contributed by atoms with van der Waals surface area (Å²) >= 11 is 0. The highest BCUT2D eigenvalue weighted by atomic mass is 16.5. The predicted molar refractivity (Wildman–Crippen MR) is 69.0 cm³/mol. The molecule has 0 amide bonds. The Balaban J connectivity index is 2.19. The molecule has 0 saturated heterocycles. The fourth-order valence-electron chi connectivity index (χ4n) is 2.20. The van der Waals surface area contributed by atoms with E-state index in [1.165, 1.54) is 0 Å². The van der Waals surface area contributed by atoms with Gasteiger partial charge in [-0.3, -0.25) is 4.98 Å². The maximum absolute atomic E-state index is 5.23. The van der Waals surface area contributed by atoms with Crippen molar-refractivity contribution in [3.05, 3.63) is 48.2 Å². The molecule has 90 valence electrons. The third-order valence-electron chi connectivity index (χ3n) is 3.02. The molecule has 1 N–H and O–H groups in total. The Morgan fingerprint density at radius 2 is 1.89 bits per heavy atom. The van der Waals surface area contributed by atoms with Crippen molar-refractivity contribution in [2.24, 2.45) is 0 Å². The first kappa shape index (κ1) is 10.8. The summed E-state index contributed by atoms with van der Waals surface area (Å²) in [7, 11) is 0. The zero-order chi connectivity index (χ0) is 12.5. The fourth-order valence-corrected chi connectivity index (χ4v) is 2.20. The molecular formula is C14H13N3O. The summed E-state index contributed by atoms with van der Waals surface area (Å²) in [5.74, 6) is 0.836. The molecule has 18 heavy (non-hydrogen) atoms. The van der Waals surface area contributed by atoms with Gasteiger partial charge in [0, 0.05) is 35.3 Å². The van der Waals surface area contributed by atoms with Gasteiger partial charge in [0.05, 0.1) is 11.4 Å². The zero-order valence-electron chi connectivity index (χ0n) is 10.3. The molecule has 0 radical (unpaired) electrons. The van der Waals surface area contributed by atoms with E-state index in [2.05, 4.69) is 15.1 Å². The molecule has 0 aliphatic heterocycles. The average molecular weight is 239 g/mol. The first-order valence-corrected chi connectivity index (χ1v) is 5.78. The van der Waals surface area contributed by atoms with E-state index in [1.807, 2.05) is 38.2 Å². The van der Waals surface area contributed by atoms with Crippen molar-refractivity contribution in [1.29, 1.82) is 0 Å². The molecule has 0 fully saturated rings. The Hall–Kier alpha value is -2.36. The number of nitrogens with one attached hydrogen (secondary N) is 1. The molecule has 4 heteroatoms. The lowest BCUT2D eigenvalue weighted by Gasteiger charge is -2.03. The van der Waals surface area contributed by atoms with Crippen LogP contribution >= 0.6 is 0 Å². The minimum absolute atomic E-state index is 0.836. The summed E-state index contributed by atoms with van der Waals surface area (Å²) in [6.45, 7) is 3.88. The number of H-pyrrole nitrogens is 1. The topological polar surface area (TPSA) is 54.7 Å². The lowest BCUT2D eigenvalue weighted by atomic mass is 10.0. The van der Waals surface area contributed by atoms with Crippen molar-refractivity contribution in [3.8, 4) is 22.4 Å². The van der Waals surface area contributed by atoms with Crippen molar-refractivity contribution in [2.45, 2.75) is 13.8 Å². The summed E-state index contributed by atoms with van der Waals surface area (Å²) in [5, 5.41) is 4.01. The standard InChI is InChI=1S/C14H13N3O/c1-9-13(10(2)18-17-9)12-5-8-16-14(12)11-3-6-15-7-4-11/h3-8,16H,1-2H3. The number of hydrogen-bond donors (Lipinski definition) is 1. The van der Waals surface area contributed by atoms with E-state index in [4.69, 9.17) is 4.52 Å². The zero-order valence-corrected chi connectivity index (χ0v) is 10.3. The van der Waals surface area contributed by atoms with Crippen LogP contribution < -0.4 is 0 Å². The molecule has 3 rings (SSSR count). The number of pyridine rings is 1. The first-order valence-electron chi connectivity index (χ1n) is 5.78. The Morgan fingerprint density at radius 3 is 2.56 bits per heavy atom. The maximum Gasteiger partial charge on any atom is 0.141 e. The minimum atomic E-state index is 0.836. The molecule has 0 atom stereocenters. The molecule has 3 heterocycles. The Labute approximate surface area is 105 Å². The largest absolute Gasteiger partial charge is 0.361 e. The highest BCUT2D eigenvalue weighted by Gasteiger charge is 2.16. The lowest BCUT2D eigenvalue weighted by Crippen LogP contribution is -1.85. The lowest BCUT2D eigenvalue weighted by molar-refractivity contribution is 0.393. The number of hydrogen-bond acceptors (Lipinski definition) is 3. The molecule has 3 aromatic rings. The molecule has 0 spiro atoms. The van der Waals surface area contributed by atoms with Gasteiger partial charge in [0.25, 0.3) is 0 Å². The summed E-state index contributed by atoms with van der Waals surface area (Å²) in [4.78, 5) is 7.31. The van der Waals surface area contributed by atoms with Crippen LogP contribution in [0.4, 0.5) is 0 Å². The van der Waals surface area contributed by atoms with Crippen LogP contribution in [0.2, 0.25) is 0 Å². The number of aromatic amines is 1. The fraction of sp³-hybridized carbons (Fsp3) is 0.143. The van der Waals surface area contributed by atoms with E-state index in [1.54, 1.807) is 12.4 Å². The van der Waals surface area contributed by atoms with E-state index in [-0.39, 0.29) is 0 Å². The third kappa shape index (κ3) is 1.62. The summed E-state index contributed by atoms with van der Waals surface area (Å²) in [5.41, 5.74) is 5.24. The minimum Gasteiger partial charge on any atom is -0.361 e. The summed E-state index contributed by atoms with van der Waals surface area (Å²) < 4.78 is 5.23. The van der Waals surface area contributed by atoms with Crippen LogP contribution in [0.25, 0.3) is 22.4 Å². The van der Waals surface area contributed by atoms with Crippen LogP contribution in [0, 0.1) is 13.8 Å². The van der Waals surface area contributed by atoms with Crippen LogP contribution in [-0.4, -0.2) is 15.1 Å². The van der Waals surface area contributed by atoms with Gasteiger partial charge in [-0.25, -0.2) is 0 Å². The van der Waals surface area contributed by atoms with Gasteiger partial charge < -0.3 is 9.51 Å². The van der Waals surface area contributed by atoms with Gasteiger partial charge in [0.2, 0.25) is 0 Å². The van der Waals surface area contributed by atoms with Gasteiger partial charge in [-0.2, -0.15) is 0 Å². The van der Waals surface area contributed by atoms with Crippen molar-refractivity contribution in [2.75, 3.05) is 0 Å². The van der Waals surface area contributed by atoms with E-state index in [9.17, 15) is 0 Å². The van der Waals surface area contributed by atoms with Gasteiger partial charge in [0.15, 0.2) is 0 Å². The Morgan fingerprint density at radius 1 is 1.11 bits per heavy atom. The van der Waals surface area contributed by atoms with Crippen molar-refractivity contribution >= 4 is 0 Å². The number of nitrogens with zero attached hydrogens (tertiary/aromatic N) is 2. The molecule has 3 aromatic heterocycles. The van der Waals surface area contributed by atoms with E-state index >= 15 is 0 Å². The van der Waals surface area contributed by atoms with Crippen LogP contribution in [0.15, 0.2) is 41.3 Å². The molecule has 0 aliphatic carbocycles. The number of aryl methyl sites for hydroxylation is 2. The summed E-state index contributed by atoms with van der Waals surface area (Å²) in [6, 6.07) is 6.00. The quantitative estimate of drug-likeness (QED) is 0.746. The molecule has 4 nitrogen and oxygen atoms in total. The van der Waals surface area contributed by atoms with Crippen molar-refractivity contribution < 1.29 is 4.52 Å².